The highest BCUT2D eigenvalue weighted by Crippen LogP contribution is 2.44. The average molecular weight is 707 g/mol. The first kappa shape index (κ1) is 30.1. The fourth-order valence-corrected chi connectivity index (χ4v) is 7.81. The Morgan fingerprint density at radius 2 is 1.11 bits per heavy atom. The minimum Gasteiger partial charge on any atom is -0.440 e. The Balaban J connectivity index is 1.13. The molecule has 2 heterocycles. The van der Waals surface area contributed by atoms with Gasteiger partial charge in [0, 0.05) is 33.8 Å². The molecule has 0 saturated carbocycles. The lowest BCUT2D eigenvalue weighted by molar-refractivity contribution is 0.564. The Hall–Kier alpha value is -7.36. The van der Waals surface area contributed by atoms with Crippen LogP contribution in [0.25, 0.3) is 72.6 Å². The van der Waals surface area contributed by atoms with Gasteiger partial charge in [-0.3, -0.25) is 4.90 Å². The monoisotopic (exact) mass is 706 g/mol. The largest absolute Gasteiger partial charge is 0.440 e. The number of nitrogens with zero attached hydrogens (tertiary/aromatic N) is 2. The van der Waals surface area contributed by atoms with E-state index in [1.807, 2.05) is 48.5 Å². The van der Waals surface area contributed by atoms with Gasteiger partial charge in [-0.25, -0.2) is 0 Å². The van der Waals surface area contributed by atoms with E-state index in [0.717, 1.165) is 66.5 Å². The van der Waals surface area contributed by atoms with Gasteiger partial charge in [-0.1, -0.05) is 158 Å². The summed E-state index contributed by atoms with van der Waals surface area (Å²) in [6.45, 7) is 0. The van der Waals surface area contributed by atoms with Gasteiger partial charge in [0.05, 0.1) is 19.6 Å². The molecule has 0 radical (unpaired) electrons. The van der Waals surface area contributed by atoms with Crippen molar-refractivity contribution < 1.29 is 7.16 Å². The Morgan fingerprint density at radius 1 is 0.491 bits per heavy atom. The summed E-state index contributed by atoms with van der Waals surface area (Å²) in [7, 11) is 0. The molecule has 0 bridgehead atoms. The summed E-state index contributed by atoms with van der Waals surface area (Å²) in [6.07, 6.45) is 0. The van der Waals surface area contributed by atoms with Crippen molar-refractivity contribution >= 4 is 61.8 Å². The normalized spacial score (nSPS) is 12.4. The number of hydrogen-bond acceptors (Lipinski definition) is 2. The maximum atomic E-state index is 9.45. The second-order valence-corrected chi connectivity index (χ2v) is 13.6. The topological polar surface area (TPSA) is 21.3 Å². The fraction of sp³-hybridized carbons (Fsp3) is 0. The molecule has 0 atom stereocenters. The number of aromatic nitrogens is 1. The Bertz CT molecular complexity index is 3080. The van der Waals surface area contributed by atoms with Gasteiger partial charge < -0.3 is 8.98 Å². The number of para-hydroxylation sites is 2. The molecule has 2 aromatic heterocycles. The molecule has 8 aromatic carbocycles. The van der Waals surface area contributed by atoms with Crippen LogP contribution in [0.5, 0.6) is 0 Å². The molecule has 0 fully saturated rings. The molecule has 0 saturated heterocycles. The van der Waals surface area contributed by atoms with E-state index in [1.54, 1.807) is 6.07 Å². The molecule has 55 heavy (non-hydrogen) atoms. The molecule has 260 valence electrons. The van der Waals surface area contributed by atoms with Crippen LogP contribution in [-0.2, 0) is 0 Å². The van der Waals surface area contributed by atoms with Crippen LogP contribution in [0.1, 0.15) is 14.1 Å². The maximum Gasteiger partial charge on any atom is 0.205 e. The van der Waals surface area contributed by atoms with E-state index < -0.39 is 0 Å². The van der Waals surface area contributed by atoms with Gasteiger partial charge in [0.1, 0.15) is 5.76 Å². The van der Waals surface area contributed by atoms with Crippen molar-refractivity contribution in [2.45, 2.75) is 0 Å². The highest BCUT2D eigenvalue weighted by molar-refractivity contribution is 6.14. The molecular weight excluding hydrogens is 669 g/mol. The molecule has 10 aromatic rings. The number of benzene rings is 8. The molecule has 0 N–H and O–H groups in total. The molecule has 3 nitrogen and oxygen atoms in total. The lowest BCUT2D eigenvalue weighted by Gasteiger charge is -2.25. The zero-order valence-electron chi connectivity index (χ0n) is 31.9. The van der Waals surface area contributed by atoms with Crippen LogP contribution in [-0.4, -0.2) is 4.57 Å². The predicted molar refractivity (Wildman–Crippen MR) is 231 cm³/mol. The van der Waals surface area contributed by atoms with Crippen molar-refractivity contribution in [2.75, 3.05) is 4.90 Å². The average Bonchev–Trinajstić information content (AvgIpc) is 3.91. The van der Waals surface area contributed by atoms with Crippen molar-refractivity contribution in [3.05, 3.63) is 218 Å². The quantitative estimate of drug-likeness (QED) is 0.147. The summed E-state index contributed by atoms with van der Waals surface area (Å²) in [5.41, 5.74) is 8.90. The summed E-state index contributed by atoms with van der Waals surface area (Å²) >= 11 is 0. The van der Waals surface area contributed by atoms with E-state index in [4.69, 9.17) is 4.42 Å². The lowest BCUT2D eigenvalue weighted by Crippen LogP contribution is -2.09. The SMILES string of the molecule is [2H]/C(=C(/[2H])c1ccc(N(c2ccccc2)c2cc3ccccc3c3ccccc23)o1)c1ccc2c(c1)c(-c1ccccc1)c(-c1ccccc1)n2-c1ccccc1. The van der Waals surface area contributed by atoms with Crippen molar-refractivity contribution in [3.8, 4) is 28.1 Å². The Kier molecular flexibility index (Phi) is 7.61. The molecule has 0 aliphatic heterocycles. The zero-order chi connectivity index (χ0) is 38.3. The third kappa shape index (κ3) is 5.89. The predicted octanol–water partition coefficient (Wildman–Crippen LogP) is 14.5. The van der Waals surface area contributed by atoms with Crippen molar-refractivity contribution in [3.63, 3.8) is 0 Å². The molecule has 0 aliphatic carbocycles. The molecule has 0 unspecified atom stereocenters. The highest BCUT2D eigenvalue weighted by atomic mass is 16.4. The van der Waals surface area contributed by atoms with Gasteiger partial charge in [-0.15, -0.1) is 0 Å². The van der Waals surface area contributed by atoms with Crippen LogP contribution in [0, 0.1) is 0 Å². The van der Waals surface area contributed by atoms with Crippen molar-refractivity contribution in [1.82, 2.24) is 4.57 Å². The third-order valence-electron chi connectivity index (χ3n) is 10.2. The second-order valence-electron chi connectivity index (χ2n) is 13.6. The summed E-state index contributed by atoms with van der Waals surface area (Å²) in [5.74, 6) is 0.875. The van der Waals surface area contributed by atoms with Gasteiger partial charge in [0.25, 0.3) is 0 Å². The first-order valence-electron chi connectivity index (χ1n) is 19.5. The van der Waals surface area contributed by atoms with Gasteiger partial charge in [0.15, 0.2) is 0 Å². The summed E-state index contributed by atoms with van der Waals surface area (Å²) in [6, 6.07) is 70.4. The van der Waals surface area contributed by atoms with E-state index in [1.165, 1.54) is 5.39 Å². The van der Waals surface area contributed by atoms with Crippen LogP contribution in [0.4, 0.5) is 17.3 Å². The van der Waals surface area contributed by atoms with Gasteiger partial charge in [0.2, 0.25) is 5.88 Å². The first-order valence-corrected chi connectivity index (χ1v) is 18.5. The Labute approximate surface area is 323 Å². The number of anilines is 3. The van der Waals surface area contributed by atoms with E-state index in [9.17, 15) is 2.74 Å². The fourth-order valence-electron chi connectivity index (χ4n) is 7.81. The zero-order valence-corrected chi connectivity index (χ0v) is 29.9. The molecule has 0 spiro atoms. The lowest BCUT2D eigenvalue weighted by atomic mass is 9.97. The van der Waals surface area contributed by atoms with E-state index in [0.29, 0.717) is 17.2 Å². The van der Waals surface area contributed by atoms with Crippen LogP contribution in [0.2, 0.25) is 0 Å². The van der Waals surface area contributed by atoms with Crippen LogP contribution >= 0.6 is 0 Å². The van der Waals surface area contributed by atoms with Crippen molar-refractivity contribution in [1.29, 1.82) is 0 Å². The van der Waals surface area contributed by atoms with E-state index in [2.05, 4.69) is 161 Å². The summed E-state index contributed by atoms with van der Waals surface area (Å²) in [4.78, 5) is 2.10. The molecule has 3 heteroatoms. The first-order chi connectivity index (χ1) is 28.1. The van der Waals surface area contributed by atoms with Crippen LogP contribution in [0.15, 0.2) is 211 Å². The van der Waals surface area contributed by atoms with Gasteiger partial charge in [-0.2, -0.15) is 0 Å². The van der Waals surface area contributed by atoms with Gasteiger partial charge >= 0.3 is 0 Å². The number of rotatable bonds is 8. The Morgan fingerprint density at radius 3 is 1.85 bits per heavy atom. The molecule has 0 aliphatic rings. The number of furan rings is 1. The number of hydrogen-bond donors (Lipinski definition) is 0. The van der Waals surface area contributed by atoms with Crippen LogP contribution in [0.3, 0.4) is 0 Å². The second kappa shape index (κ2) is 13.9. The van der Waals surface area contributed by atoms with E-state index >= 15 is 0 Å². The minimum atomic E-state index is 0.00372. The molecular formula is C52H36N2O. The minimum absolute atomic E-state index is 0.00372. The van der Waals surface area contributed by atoms with Crippen LogP contribution < -0.4 is 4.90 Å². The number of fused-ring (bicyclic) bond motifs is 4. The van der Waals surface area contributed by atoms with E-state index in [-0.39, 0.29) is 12.1 Å². The summed E-state index contributed by atoms with van der Waals surface area (Å²) < 4.78 is 27.7. The third-order valence-corrected chi connectivity index (χ3v) is 10.2. The highest BCUT2D eigenvalue weighted by Gasteiger charge is 2.22. The van der Waals surface area contributed by atoms with Crippen molar-refractivity contribution in [2.24, 2.45) is 0 Å². The maximum absolute atomic E-state index is 9.45. The smallest absolute Gasteiger partial charge is 0.205 e. The van der Waals surface area contributed by atoms with Gasteiger partial charge in [-0.05, 0) is 87.4 Å². The molecule has 10 rings (SSSR count). The standard InChI is InChI=1S/C52H36N2O/c1-5-17-38(18-6-1)51-47-35-37(30-33-48(47)54(42-24-11-4-12-25-42)52(51)39-19-7-2-8-20-39)29-31-43-32-34-50(55-43)53(41-22-9-3-10-23-41)49-36-40-21-13-14-26-44(40)45-27-15-16-28-46(45)49/h1-36H/b31-29+/i29D,31D. The molecule has 0 amide bonds. The summed E-state index contributed by atoms with van der Waals surface area (Å²) in [5, 5.41) is 5.53.